The minimum Gasteiger partial charge on any atom is -0.309 e. The SMILES string of the molecule is CCc1ccc2c(c1C)CNC2. The second-order valence-corrected chi connectivity index (χ2v) is 3.44. The predicted octanol–water partition coefficient (Wildman–Crippen LogP) is 2.16. The molecule has 0 aromatic heterocycles. The standard InChI is InChI=1S/C11H15N/c1-3-9-4-5-10-6-12-7-11(10)8(9)2/h4-5,12H,3,6-7H2,1-2H3. The highest BCUT2D eigenvalue weighted by atomic mass is 14.9. The van der Waals surface area contributed by atoms with Crippen LogP contribution in [0.3, 0.4) is 0 Å². The first-order valence-corrected chi connectivity index (χ1v) is 4.64. The number of nitrogens with one attached hydrogen (secondary N) is 1. The van der Waals surface area contributed by atoms with Crippen LogP contribution in [0.2, 0.25) is 0 Å². The van der Waals surface area contributed by atoms with E-state index in [0.717, 1.165) is 19.5 Å². The molecule has 0 atom stereocenters. The molecule has 2 rings (SSSR count). The van der Waals surface area contributed by atoms with Crippen LogP contribution in [0.1, 0.15) is 29.2 Å². The maximum atomic E-state index is 3.38. The van der Waals surface area contributed by atoms with Crippen molar-refractivity contribution in [1.29, 1.82) is 0 Å². The predicted molar refractivity (Wildman–Crippen MR) is 51.1 cm³/mol. The van der Waals surface area contributed by atoms with Gasteiger partial charge in [0.2, 0.25) is 0 Å². The summed E-state index contributed by atoms with van der Waals surface area (Å²) in [5.41, 5.74) is 6.02. The van der Waals surface area contributed by atoms with Crippen molar-refractivity contribution in [2.75, 3.05) is 0 Å². The quantitative estimate of drug-likeness (QED) is 0.665. The molecule has 1 aromatic carbocycles. The monoisotopic (exact) mass is 161 g/mol. The van der Waals surface area contributed by atoms with E-state index < -0.39 is 0 Å². The van der Waals surface area contributed by atoms with Crippen molar-refractivity contribution in [3.8, 4) is 0 Å². The molecule has 1 heterocycles. The Morgan fingerprint density at radius 1 is 1.33 bits per heavy atom. The van der Waals surface area contributed by atoms with Crippen LogP contribution in [0, 0.1) is 6.92 Å². The van der Waals surface area contributed by atoms with E-state index in [1.807, 2.05) is 0 Å². The fourth-order valence-corrected chi connectivity index (χ4v) is 1.98. The van der Waals surface area contributed by atoms with Crippen molar-refractivity contribution in [3.05, 3.63) is 34.4 Å². The molecule has 1 aromatic rings. The Hall–Kier alpha value is -0.820. The average molecular weight is 161 g/mol. The van der Waals surface area contributed by atoms with Crippen molar-refractivity contribution >= 4 is 0 Å². The van der Waals surface area contributed by atoms with E-state index in [0.29, 0.717) is 0 Å². The molecule has 0 aliphatic carbocycles. The zero-order valence-corrected chi connectivity index (χ0v) is 7.78. The summed E-state index contributed by atoms with van der Waals surface area (Å²) in [7, 11) is 0. The molecule has 1 aliphatic heterocycles. The maximum Gasteiger partial charge on any atom is 0.0214 e. The molecular formula is C11H15N. The third kappa shape index (κ3) is 1.05. The fraction of sp³-hybridized carbons (Fsp3) is 0.455. The lowest BCUT2D eigenvalue weighted by atomic mass is 9.98. The summed E-state index contributed by atoms with van der Waals surface area (Å²) in [6, 6.07) is 4.53. The number of hydrogen-bond donors (Lipinski definition) is 1. The Morgan fingerprint density at radius 2 is 2.17 bits per heavy atom. The molecule has 64 valence electrons. The van der Waals surface area contributed by atoms with Gasteiger partial charge >= 0.3 is 0 Å². The van der Waals surface area contributed by atoms with Crippen molar-refractivity contribution in [2.24, 2.45) is 0 Å². The van der Waals surface area contributed by atoms with Gasteiger partial charge in [-0.2, -0.15) is 0 Å². The first-order valence-electron chi connectivity index (χ1n) is 4.64. The normalized spacial score (nSPS) is 14.8. The number of hydrogen-bond acceptors (Lipinski definition) is 1. The van der Waals surface area contributed by atoms with Crippen LogP contribution in [0.5, 0.6) is 0 Å². The molecule has 1 heteroatoms. The van der Waals surface area contributed by atoms with Crippen molar-refractivity contribution in [3.63, 3.8) is 0 Å². The summed E-state index contributed by atoms with van der Waals surface area (Å²) in [5, 5.41) is 3.38. The molecule has 0 bridgehead atoms. The van der Waals surface area contributed by atoms with Crippen LogP contribution < -0.4 is 5.32 Å². The Balaban J connectivity index is 2.54. The van der Waals surface area contributed by atoms with Crippen molar-refractivity contribution < 1.29 is 0 Å². The Morgan fingerprint density at radius 3 is 2.92 bits per heavy atom. The van der Waals surface area contributed by atoms with Gasteiger partial charge < -0.3 is 5.32 Å². The first-order chi connectivity index (χ1) is 5.83. The lowest BCUT2D eigenvalue weighted by Gasteiger charge is -2.07. The van der Waals surface area contributed by atoms with E-state index in [-0.39, 0.29) is 0 Å². The molecular weight excluding hydrogens is 146 g/mol. The van der Waals surface area contributed by atoms with E-state index in [1.165, 1.54) is 22.3 Å². The number of fused-ring (bicyclic) bond motifs is 1. The van der Waals surface area contributed by atoms with Gasteiger partial charge in [-0.15, -0.1) is 0 Å². The zero-order chi connectivity index (χ0) is 8.55. The third-order valence-corrected chi connectivity index (χ3v) is 2.81. The largest absolute Gasteiger partial charge is 0.309 e. The number of benzene rings is 1. The van der Waals surface area contributed by atoms with Gasteiger partial charge in [0.05, 0.1) is 0 Å². The Kier molecular flexibility index (Phi) is 1.89. The lowest BCUT2D eigenvalue weighted by molar-refractivity contribution is 0.763. The van der Waals surface area contributed by atoms with Gasteiger partial charge in [0.1, 0.15) is 0 Å². The van der Waals surface area contributed by atoms with Gasteiger partial charge in [0.15, 0.2) is 0 Å². The van der Waals surface area contributed by atoms with Crippen molar-refractivity contribution in [1.82, 2.24) is 5.32 Å². The topological polar surface area (TPSA) is 12.0 Å². The second-order valence-electron chi connectivity index (χ2n) is 3.44. The number of rotatable bonds is 1. The molecule has 0 unspecified atom stereocenters. The lowest BCUT2D eigenvalue weighted by Crippen LogP contribution is -2.00. The van der Waals surface area contributed by atoms with Crippen LogP contribution in [-0.4, -0.2) is 0 Å². The highest BCUT2D eigenvalue weighted by Gasteiger charge is 2.13. The smallest absolute Gasteiger partial charge is 0.0214 e. The molecule has 0 saturated carbocycles. The van der Waals surface area contributed by atoms with E-state index in [4.69, 9.17) is 0 Å². The maximum absolute atomic E-state index is 3.38. The van der Waals surface area contributed by atoms with Gasteiger partial charge in [-0.1, -0.05) is 19.1 Å². The Labute approximate surface area is 73.8 Å². The van der Waals surface area contributed by atoms with Gasteiger partial charge in [-0.3, -0.25) is 0 Å². The van der Waals surface area contributed by atoms with Gasteiger partial charge in [0, 0.05) is 13.1 Å². The van der Waals surface area contributed by atoms with E-state index in [1.54, 1.807) is 0 Å². The van der Waals surface area contributed by atoms with Crippen LogP contribution in [0.15, 0.2) is 12.1 Å². The molecule has 12 heavy (non-hydrogen) atoms. The van der Waals surface area contributed by atoms with Gasteiger partial charge in [-0.05, 0) is 35.6 Å². The van der Waals surface area contributed by atoms with E-state index >= 15 is 0 Å². The molecule has 1 nitrogen and oxygen atoms in total. The minimum absolute atomic E-state index is 1.06. The van der Waals surface area contributed by atoms with Crippen LogP contribution in [0.25, 0.3) is 0 Å². The summed E-state index contributed by atoms with van der Waals surface area (Å²) in [6.45, 7) is 6.58. The summed E-state index contributed by atoms with van der Waals surface area (Å²) < 4.78 is 0. The summed E-state index contributed by atoms with van der Waals surface area (Å²) in [6.07, 6.45) is 1.15. The Bertz CT molecular complexity index is 302. The van der Waals surface area contributed by atoms with Gasteiger partial charge in [-0.25, -0.2) is 0 Å². The van der Waals surface area contributed by atoms with Crippen molar-refractivity contribution in [2.45, 2.75) is 33.4 Å². The van der Waals surface area contributed by atoms with E-state index in [2.05, 4.69) is 31.3 Å². The highest BCUT2D eigenvalue weighted by Crippen LogP contribution is 2.22. The minimum atomic E-state index is 1.06. The molecule has 0 saturated heterocycles. The fourth-order valence-electron chi connectivity index (χ4n) is 1.98. The summed E-state index contributed by atoms with van der Waals surface area (Å²) in [5.74, 6) is 0. The molecule has 0 fully saturated rings. The molecule has 1 N–H and O–H groups in total. The van der Waals surface area contributed by atoms with Crippen LogP contribution in [0.4, 0.5) is 0 Å². The average Bonchev–Trinajstić information content (AvgIpc) is 2.53. The molecule has 0 amide bonds. The summed E-state index contributed by atoms with van der Waals surface area (Å²) in [4.78, 5) is 0. The molecule has 0 radical (unpaired) electrons. The molecule has 1 aliphatic rings. The highest BCUT2D eigenvalue weighted by molar-refractivity contribution is 5.42. The number of aryl methyl sites for hydroxylation is 1. The van der Waals surface area contributed by atoms with Gasteiger partial charge in [0.25, 0.3) is 0 Å². The van der Waals surface area contributed by atoms with E-state index in [9.17, 15) is 0 Å². The second kappa shape index (κ2) is 2.91. The molecule has 0 spiro atoms. The summed E-state index contributed by atoms with van der Waals surface area (Å²) >= 11 is 0. The zero-order valence-electron chi connectivity index (χ0n) is 7.78. The third-order valence-electron chi connectivity index (χ3n) is 2.81. The van der Waals surface area contributed by atoms with Crippen LogP contribution >= 0.6 is 0 Å². The van der Waals surface area contributed by atoms with Crippen LogP contribution in [-0.2, 0) is 19.5 Å². The first kappa shape index (κ1) is 7.81.